The first-order valence-corrected chi connectivity index (χ1v) is 8.37. The number of hydrogen-bond acceptors (Lipinski definition) is 1. The van der Waals surface area contributed by atoms with Gasteiger partial charge in [0.15, 0.2) is 0 Å². The molecule has 0 saturated carbocycles. The first-order chi connectivity index (χ1) is 9.08. The number of halogens is 1. The van der Waals surface area contributed by atoms with Gasteiger partial charge in [0, 0.05) is 10.5 Å². The van der Waals surface area contributed by atoms with E-state index in [0.29, 0.717) is 6.04 Å². The summed E-state index contributed by atoms with van der Waals surface area (Å²) < 4.78 is 1.17. The second-order valence-electron chi connectivity index (χ2n) is 5.64. The molecule has 1 N–H and O–H groups in total. The molecule has 0 fully saturated rings. The van der Waals surface area contributed by atoms with Crippen molar-refractivity contribution in [2.75, 3.05) is 6.54 Å². The average molecular weight is 326 g/mol. The summed E-state index contributed by atoms with van der Waals surface area (Å²) in [7, 11) is 0. The molecule has 0 amide bonds. The number of hydrogen-bond donors (Lipinski definition) is 1. The molecule has 0 bridgehead atoms. The topological polar surface area (TPSA) is 12.0 Å². The highest BCUT2D eigenvalue weighted by molar-refractivity contribution is 9.10. The smallest absolute Gasteiger partial charge is 0.0325 e. The predicted octanol–water partition coefficient (Wildman–Crippen LogP) is 5.62. The third-order valence-corrected chi connectivity index (χ3v) is 4.16. The quantitative estimate of drug-likeness (QED) is 0.653. The van der Waals surface area contributed by atoms with Gasteiger partial charge in [-0.25, -0.2) is 0 Å². The van der Waals surface area contributed by atoms with Crippen LogP contribution < -0.4 is 5.32 Å². The monoisotopic (exact) mass is 325 g/mol. The predicted molar refractivity (Wildman–Crippen MR) is 88.6 cm³/mol. The normalized spacial score (nSPS) is 14.4. The fourth-order valence-electron chi connectivity index (χ4n) is 2.68. The van der Waals surface area contributed by atoms with E-state index < -0.39 is 0 Å². The number of aryl methyl sites for hydroxylation is 1. The van der Waals surface area contributed by atoms with Crippen molar-refractivity contribution in [2.24, 2.45) is 5.92 Å². The van der Waals surface area contributed by atoms with Crippen molar-refractivity contribution >= 4 is 15.9 Å². The zero-order valence-electron chi connectivity index (χ0n) is 12.8. The third-order valence-electron chi connectivity index (χ3n) is 3.67. The van der Waals surface area contributed by atoms with E-state index in [9.17, 15) is 0 Å². The molecule has 0 aliphatic rings. The molecule has 2 atom stereocenters. The van der Waals surface area contributed by atoms with Crippen LogP contribution in [0.25, 0.3) is 0 Å². The Kier molecular flexibility index (Phi) is 7.70. The van der Waals surface area contributed by atoms with Crippen molar-refractivity contribution in [2.45, 2.75) is 59.4 Å². The van der Waals surface area contributed by atoms with Crippen LogP contribution in [-0.4, -0.2) is 6.54 Å². The number of benzene rings is 1. The number of nitrogens with one attached hydrogen (secondary N) is 1. The van der Waals surface area contributed by atoms with Crippen LogP contribution in [0, 0.1) is 12.8 Å². The lowest BCUT2D eigenvalue weighted by atomic mass is 9.91. The van der Waals surface area contributed by atoms with E-state index in [0.717, 1.165) is 12.5 Å². The summed E-state index contributed by atoms with van der Waals surface area (Å²) in [6.45, 7) is 10.2. The van der Waals surface area contributed by atoms with Crippen LogP contribution in [0.2, 0.25) is 0 Å². The molecule has 2 unspecified atom stereocenters. The molecule has 0 aliphatic carbocycles. The van der Waals surface area contributed by atoms with E-state index in [1.54, 1.807) is 0 Å². The van der Waals surface area contributed by atoms with Crippen molar-refractivity contribution in [1.29, 1.82) is 0 Å². The first-order valence-electron chi connectivity index (χ1n) is 7.57. The van der Waals surface area contributed by atoms with Gasteiger partial charge in [-0.15, -0.1) is 0 Å². The van der Waals surface area contributed by atoms with Gasteiger partial charge < -0.3 is 5.32 Å². The van der Waals surface area contributed by atoms with E-state index in [-0.39, 0.29) is 0 Å². The largest absolute Gasteiger partial charge is 0.310 e. The van der Waals surface area contributed by atoms with Gasteiger partial charge in [-0.2, -0.15) is 0 Å². The van der Waals surface area contributed by atoms with Crippen molar-refractivity contribution in [3.05, 3.63) is 33.8 Å². The minimum atomic E-state index is 0.495. The Labute approximate surface area is 127 Å². The van der Waals surface area contributed by atoms with E-state index >= 15 is 0 Å². The van der Waals surface area contributed by atoms with Gasteiger partial charge in [-0.1, -0.05) is 55.6 Å². The van der Waals surface area contributed by atoms with Crippen LogP contribution in [0.1, 0.15) is 63.6 Å². The van der Waals surface area contributed by atoms with Gasteiger partial charge in [0.05, 0.1) is 0 Å². The molecule has 0 heterocycles. The molecule has 0 saturated heterocycles. The molecule has 0 spiro atoms. The van der Waals surface area contributed by atoms with Crippen molar-refractivity contribution < 1.29 is 0 Å². The summed E-state index contributed by atoms with van der Waals surface area (Å²) in [6, 6.07) is 7.15. The van der Waals surface area contributed by atoms with E-state index in [1.807, 2.05) is 0 Å². The Morgan fingerprint density at radius 3 is 2.53 bits per heavy atom. The summed E-state index contributed by atoms with van der Waals surface area (Å²) in [5.41, 5.74) is 2.84. The average Bonchev–Trinajstić information content (AvgIpc) is 2.35. The molecule has 1 aromatic rings. The SMILES string of the molecule is CCCNC(CC(C)CCC)c1ccc(Br)cc1C. The zero-order chi connectivity index (χ0) is 14.3. The highest BCUT2D eigenvalue weighted by atomic mass is 79.9. The van der Waals surface area contributed by atoms with Crippen LogP contribution >= 0.6 is 15.9 Å². The molecule has 1 aromatic carbocycles. The van der Waals surface area contributed by atoms with Gasteiger partial charge >= 0.3 is 0 Å². The summed E-state index contributed by atoms with van der Waals surface area (Å²) >= 11 is 3.55. The molecule has 0 aliphatic heterocycles. The zero-order valence-corrected chi connectivity index (χ0v) is 14.4. The Morgan fingerprint density at radius 2 is 1.95 bits per heavy atom. The van der Waals surface area contributed by atoms with Crippen molar-refractivity contribution in [1.82, 2.24) is 5.32 Å². The maximum Gasteiger partial charge on any atom is 0.0325 e. The maximum atomic E-state index is 3.72. The summed E-state index contributed by atoms with van der Waals surface area (Å²) in [5.74, 6) is 0.780. The highest BCUT2D eigenvalue weighted by Crippen LogP contribution is 2.28. The lowest BCUT2D eigenvalue weighted by Gasteiger charge is -2.24. The van der Waals surface area contributed by atoms with E-state index in [4.69, 9.17) is 0 Å². The van der Waals surface area contributed by atoms with Crippen molar-refractivity contribution in [3.63, 3.8) is 0 Å². The first kappa shape index (κ1) is 16.7. The molecule has 0 radical (unpaired) electrons. The fourth-order valence-corrected chi connectivity index (χ4v) is 3.16. The van der Waals surface area contributed by atoms with Gasteiger partial charge in [-0.3, -0.25) is 0 Å². The Bertz CT molecular complexity index is 376. The lowest BCUT2D eigenvalue weighted by Crippen LogP contribution is -2.24. The minimum absolute atomic E-state index is 0.495. The summed E-state index contributed by atoms with van der Waals surface area (Å²) in [5, 5.41) is 3.72. The molecule has 2 heteroatoms. The van der Waals surface area contributed by atoms with Crippen LogP contribution in [0.5, 0.6) is 0 Å². The van der Waals surface area contributed by atoms with Crippen LogP contribution in [0.4, 0.5) is 0 Å². The second kappa shape index (κ2) is 8.76. The highest BCUT2D eigenvalue weighted by Gasteiger charge is 2.16. The van der Waals surface area contributed by atoms with Gasteiger partial charge in [-0.05, 0) is 55.5 Å². The molecule has 0 aromatic heterocycles. The molecule has 19 heavy (non-hydrogen) atoms. The van der Waals surface area contributed by atoms with Crippen LogP contribution in [0.15, 0.2) is 22.7 Å². The fraction of sp³-hybridized carbons (Fsp3) is 0.647. The standard InChI is InChI=1S/C17H28BrN/c1-5-7-13(3)11-17(19-10-6-2)16-9-8-15(18)12-14(16)4/h8-9,12-13,17,19H,5-7,10-11H2,1-4H3. The molecule has 108 valence electrons. The van der Waals surface area contributed by atoms with Crippen molar-refractivity contribution in [3.8, 4) is 0 Å². The molecular weight excluding hydrogens is 298 g/mol. The van der Waals surface area contributed by atoms with Crippen LogP contribution in [-0.2, 0) is 0 Å². The minimum Gasteiger partial charge on any atom is -0.310 e. The third kappa shape index (κ3) is 5.66. The molecular formula is C17H28BrN. The van der Waals surface area contributed by atoms with Gasteiger partial charge in [0.25, 0.3) is 0 Å². The molecule has 1 nitrogen and oxygen atoms in total. The van der Waals surface area contributed by atoms with Crippen LogP contribution in [0.3, 0.4) is 0 Å². The van der Waals surface area contributed by atoms with E-state index in [2.05, 4.69) is 67.1 Å². The Hall–Kier alpha value is -0.340. The second-order valence-corrected chi connectivity index (χ2v) is 6.55. The molecule has 1 rings (SSSR count). The summed E-state index contributed by atoms with van der Waals surface area (Å²) in [4.78, 5) is 0. The van der Waals surface area contributed by atoms with E-state index in [1.165, 1.54) is 41.3 Å². The number of rotatable bonds is 8. The lowest BCUT2D eigenvalue weighted by molar-refractivity contribution is 0.389. The van der Waals surface area contributed by atoms with Gasteiger partial charge in [0.1, 0.15) is 0 Å². The van der Waals surface area contributed by atoms with Gasteiger partial charge in [0.2, 0.25) is 0 Å². The Morgan fingerprint density at radius 1 is 1.21 bits per heavy atom. The maximum absolute atomic E-state index is 3.72. The Balaban J connectivity index is 2.82. The summed E-state index contributed by atoms with van der Waals surface area (Å²) in [6.07, 6.45) is 5.02.